The van der Waals surface area contributed by atoms with Crippen LogP contribution in [0.15, 0.2) is 30.3 Å². The molecule has 6 heteroatoms. The van der Waals surface area contributed by atoms with Gasteiger partial charge in [-0.25, -0.2) is 4.39 Å². The van der Waals surface area contributed by atoms with Crippen LogP contribution in [0.5, 0.6) is 0 Å². The third kappa shape index (κ3) is 3.82. The molecule has 5 nitrogen and oxygen atoms in total. The number of aliphatic hydroxyl groups is 1. The predicted octanol–water partition coefficient (Wildman–Crippen LogP) is 1.46. The first-order chi connectivity index (χ1) is 10.5. The number of carbonyl (C=O) groups is 2. The molecule has 120 valence electrons. The first kappa shape index (κ1) is 16.4. The lowest BCUT2D eigenvalue weighted by Gasteiger charge is -2.35. The predicted molar refractivity (Wildman–Crippen MR) is 78.0 cm³/mol. The van der Waals surface area contributed by atoms with Gasteiger partial charge in [0.2, 0.25) is 0 Å². The molecule has 2 rings (SSSR count). The number of halogens is 1. The van der Waals surface area contributed by atoms with Gasteiger partial charge in [-0.05, 0) is 25.5 Å². The van der Waals surface area contributed by atoms with Crippen molar-refractivity contribution in [1.82, 2.24) is 5.32 Å². The Hall–Kier alpha value is -1.95. The van der Waals surface area contributed by atoms with E-state index in [2.05, 4.69) is 5.32 Å². The van der Waals surface area contributed by atoms with E-state index in [0.29, 0.717) is 5.56 Å². The minimum Gasteiger partial charge on any atom is -0.466 e. The number of rotatable bonds is 4. The van der Waals surface area contributed by atoms with Crippen molar-refractivity contribution < 1.29 is 23.8 Å². The van der Waals surface area contributed by atoms with Crippen molar-refractivity contribution in [3.8, 4) is 0 Å². The SMILES string of the molecule is CCOC(=O)[C@H]1C[C@H](O)[C@@H](F)C[C@@H]1NC(=O)c1ccccc1. The lowest BCUT2D eigenvalue weighted by molar-refractivity contribution is -0.152. The molecule has 2 N–H and O–H groups in total. The largest absolute Gasteiger partial charge is 0.466 e. The molecule has 0 spiro atoms. The minimum absolute atomic E-state index is 0.0558. The van der Waals surface area contributed by atoms with Crippen molar-refractivity contribution in [2.24, 2.45) is 5.92 Å². The van der Waals surface area contributed by atoms with Crippen LogP contribution in [0.1, 0.15) is 30.1 Å². The van der Waals surface area contributed by atoms with Crippen LogP contribution < -0.4 is 5.32 Å². The second-order valence-electron chi connectivity index (χ2n) is 5.36. The van der Waals surface area contributed by atoms with Gasteiger partial charge in [0.1, 0.15) is 6.17 Å². The van der Waals surface area contributed by atoms with Gasteiger partial charge in [0.15, 0.2) is 0 Å². The van der Waals surface area contributed by atoms with Gasteiger partial charge < -0.3 is 15.2 Å². The van der Waals surface area contributed by atoms with E-state index in [1.165, 1.54) is 0 Å². The molecule has 0 heterocycles. The Kier molecular flexibility index (Phi) is 5.49. The molecule has 0 saturated heterocycles. The lowest BCUT2D eigenvalue weighted by atomic mass is 9.81. The van der Waals surface area contributed by atoms with E-state index in [1.54, 1.807) is 37.3 Å². The van der Waals surface area contributed by atoms with E-state index in [4.69, 9.17) is 4.74 Å². The molecule has 1 aromatic rings. The van der Waals surface area contributed by atoms with Gasteiger partial charge in [0, 0.05) is 18.0 Å². The highest BCUT2D eigenvalue weighted by Crippen LogP contribution is 2.28. The zero-order valence-electron chi connectivity index (χ0n) is 12.4. The quantitative estimate of drug-likeness (QED) is 0.826. The summed E-state index contributed by atoms with van der Waals surface area (Å²) in [6.45, 7) is 1.87. The highest BCUT2D eigenvalue weighted by Gasteiger charge is 2.41. The summed E-state index contributed by atoms with van der Waals surface area (Å²) < 4.78 is 18.7. The molecule has 1 saturated carbocycles. The van der Waals surface area contributed by atoms with Crippen LogP contribution >= 0.6 is 0 Å². The summed E-state index contributed by atoms with van der Waals surface area (Å²) in [5, 5.41) is 12.3. The normalized spacial score (nSPS) is 28.0. The third-order valence-corrected chi connectivity index (χ3v) is 3.82. The summed E-state index contributed by atoms with van der Waals surface area (Å²) in [4.78, 5) is 24.2. The number of alkyl halides is 1. The molecule has 1 fully saturated rings. The monoisotopic (exact) mass is 309 g/mol. The van der Waals surface area contributed by atoms with Crippen molar-refractivity contribution in [1.29, 1.82) is 0 Å². The topological polar surface area (TPSA) is 75.6 Å². The molecule has 0 aliphatic heterocycles. The van der Waals surface area contributed by atoms with E-state index in [0.717, 1.165) is 0 Å². The molecule has 1 amide bonds. The van der Waals surface area contributed by atoms with Crippen molar-refractivity contribution in [2.75, 3.05) is 6.61 Å². The number of nitrogens with one attached hydrogen (secondary N) is 1. The summed E-state index contributed by atoms with van der Waals surface area (Å²) in [6, 6.07) is 7.82. The van der Waals surface area contributed by atoms with E-state index in [-0.39, 0.29) is 25.4 Å². The third-order valence-electron chi connectivity index (χ3n) is 3.82. The maximum absolute atomic E-state index is 13.7. The van der Waals surface area contributed by atoms with Crippen LogP contribution in [0.2, 0.25) is 0 Å². The maximum Gasteiger partial charge on any atom is 0.311 e. The number of ether oxygens (including phenoxy) is 1. The number of esters is 1. The average molecular weight is 309 g/mol. The van der Waals surface area contributed by atoms with E-state index in [9.17, 15) is 19.1 Å². The van der Waals surface area contributed by atoms with Crippen molar-refractivity contribution in [3.63, 3.8) is 0 Å². The van der Waals surface area contributed by atoms with E-state index < -0.39 is 30.2 Å². The summed E-state index contributed by atoms with van der Waals surface area (Å²) in [7, 11) is 0. The molecule has 0 bridgehead atoms. The number of carbonyl (C=O) groups excluding carboxylic acids is 2. The summed E-state index contributed by atoms with van der Waals surface area (Å²) in [5.41, 5.74) is 0.437. The highest BCUT2D eigenvalue weighted by atomic mass is 19.1. The van der Waals surface area contributed by atoms with E-state index in [1.807, 2.05) is 0 Å². The fraction of sp³-hybridized carbons (Fsp3) is 0.500. The summed E-state index contributed by atoms with van der Waals surface area (Å²) in [6.07, 6.45) is -2.84. The van der Waals surface area contributed by atoms with Gasteiger partial charge >= 0.3 is 5.97 Å². The number of amides is 1. The smallest absolute Gasteiger partial charge is 0.311 e. The summed E-state index contributed by atoms with van der Waals surface area (Å²) >= 11 is 0. The van der Waals surface area contributed by atoms with Crippen molar-refractivity contribution >= 4 is 11.9 Å². The number of hydrogen-bond acceptors (Lipinski definition) is 4. The second kappa shape index (κ2) is 7.35. The molecule has 1 aromatic carbocycles. The Morgan fingerprint density at radius 3 is 2.64 bits per heavy atom. The van der Waals surface area contributed by atoms with Gasteiger partial charge in [-0.2, -0.15) is 0 Å². The Balaban J connectivity index is 2.10. The van der Waals surface area contributed by atoms with E-state index >= 15 is 0 Å². The van der Waals surface area contributed by atoms with Crippen LogP contribution in [0.3, 0.4) is 0 Å². The lowest BCUT2D eigenvalue weighted by Crippen LogP contribution is -2.51. The zero-order valence-corrected chi connectivity index (χ0v) is 12.4. The van der Waals surface area contributed by atoms with Crippen LogP contribution in [-0.2, 0) is 9.53 Å². The minimum atomic E-state index is -1.47. The fourth-order valence-electron chi connectivity index (χ4n) is 2.65. The van der Waals surface area contributed by atoms with Gasteiger partial charge in [0.05, 0.1) is 18.6 Å². The number of aliphatic hydroxyl groups excluding tert-OH is 1. The molecule has 1 aliphatic carbocycles. The Morgan fingerprint density at radius 2 is 2.00 bits per heavy atom. The fourth-order valence-corrected chi connectivity index (χ4v) is 2.65. The first-order valence-electron chi connectivity index (χ1n) is 7.37. The Labute approximate surface area is 128 Å². The zero-order chi connectivity index (χ0) is 16.1. The Morgan fingerprint density at radius 1 is 1.32 bits per heavy atom. The van der Waals surface area contributed by atoms with Crippen molar-refractivity contribution in [3.05, 3.63) is 35.9 Å². The van der Waals surface area contributed by atoms with Crippen molar-refractivity contribution in [2.45, 2.75) is 38.1 Å². The van der Waals surface area contributed by atoms with Gasteiger partial charge in [0.25, 0.3) is 5.91 Å². The molecule has 0 radical (unpaired) electrons. The standard InChI is InChI=1S/C16H20FNO4/c1-2-22-16(21)11-8-14(19)12(17)9-13(11)18-15(20)10-6-4-3-5-7-10/h3-7,11-14,19H,2,8-9H2,1H3,(H,18,20)/t11-,12-,13-,14-/m0/s1. The van der Waals surface area contributed by atoms with Gasteiger partial charge in [-0.1, -0.05) is 18.2 Å². The van der Waals surface area contributed by atoms with Crippen LogP contribution in [0, 0.1) is 5.92 Å². The molecule has 22 heavy (non-hydrogen) atoms. The second-order valence-corrected chi connectivity index (χ2v) is 5.36. The van der Waals surface area contributed by atoms with Crippen LogP contribution in [0.25, 0.3) is 0 Å². The van der Waals surface area contributed by atoms with Crippen LogP contribution in [-0.4, -0.2) is 41.9 Å². The summed E-state index contributed by atoms with van der Waals surface area (Å²) in [5.74, 6) is -1.63. The molecular weight excluding hydrogens is 289 g/mol. The number of benzene rings is 1. The molecule has 0 aromatic heterocycles. The Bertz CT molecular complexity index is 522. The average Bonchev–Trinajstić information content (AvgIpc) is 2.51. The highest BCUT2D eigenvalue weighted by molar-refractivity contribution is 5.94. The molecule has 1 aliphatic rings. The molecule has 4 atom stereocenters. The molecular formula is C16H20FNO4. The maximum atomic E-state index is 13.7. The molecule has 0 unspecified atom stereocenters. The van der Waals surface area contributed by atoms with Gasteiger partial charge in [-0.15, -0.1) is 0 Å². The first-order valence-corrected chi connectivity index (χ1v) is 7.37. The van der Waals surface area contributed by atoms with Crippen LogP contribution in [0.4, 0.5) is 4.39 Å². The number of hydrogen-bond donors (Lipinski definition) is 2. The van der Waals surface area contributed by atoms with Gasteiger partial charge in [-0.3, -0.25) is 9.59 Å².